The molecule has 0 N–H and O–H groups in total. The second-order valence-corrected chi connectivity index (χ2v) is 14.3. The van der Waals surface area contributed by atoms with Crippen LogP contribution in [0, 0.1) is 15.9 Å². The SMILES string of the molecule is COc1cc(COC(=O)c2cc([18F])c3c(c2)C=CC(C)(C)O3)cc(OC)c1OC.COc1cc(COC(=O)c2cc3c(c([N+](=O)[O-])c2)OC(C)(C)C=C3)cc(OC)c1OC. The van der Waals surface area contributed by atoms with E-state index in [0.717, 1.165) is 12.1 Å². The van der Waals surface area contributed by atoms with E-state index in [2.05, 4.69) is 0 Å². The molecule has 0 saturated heterocycles. The number of carbonyl (C=O) groups is 2. The highest BCUT2D eigenvalue weighted by atomic mass is 18.2. The monoisotopic (exact) mass is 830 g/mol. The molecule has 0 aliphatic carbocycles. The maximum absolute atomic E-state index is 14.5. The molecule has 0 fully saturated rings. The highest BCUT2D eigenvalue weighted by Gasteiger charge is 2.31. The van der Waals surface area contributed by atoms with Gasteiger partial charge in [0.05, 0.1) is 58.7 Å². The molecule has 2 aliphatic heterocycles. The Morgan fingerprint density at radius 3 is 1.37 bits per heavy atom. The zero-order chi connectivity index (χ0) is 43.9. The largest absolute Gasteiger partial charge is 0.493 e. The minimum atomic E-state index is -0.710. The third kappa shape index (κ3) is 10.00. The summed E-state index contributed by atoms with van der Waals surface area (Å²) in [6.07, 6.45) is 7.00. The Balaban J connectivity index is 0.000000228. The molecule has 0 unspecified atom stereocenters. The number of rotatable bonds is 13. The summed E-state index contributed by atoms with van der Waals surface area (Å²) in [7, 11) is 8.96. The topological polar surface area (TPSA) is 170 Å². The lowest BCUT2D eigenvalue weighted by Crippen LogP contribution is -2.28. The van der Waals surface area contributed by atoms with E-state index in [9.17, 15) is 24.1 Å². The molecule has 0 amide bonds. The molecule has 0 atom stereocenters. The van der Waals surface area contributed by atoms with Gasteiger partial charge in [-0.3, -0.25) is 10.1 Å². The fourth-order valence-electron chi connectivity index (χ4n) is 6.16. The first-order valence-corrected chi connectivity index (χ1v) is 18.3. The molecule has 16 heteroatoms. The fourth-order valence-corrected chi connectivity index (χ4v) is 6.16. The van der Waals surface area contributed by atoms with Crippen LogP contribution in [0.2, 0.25) is 0 Å². The van der Waals surface area contributed by atoms with E-state index in [0.29, 0.717) is 56.8 Å². The number of halogens is 1. The fraction of sp³-hybridized carbons (Fsp3) is 0.318. The first kappa shape index (κ1) is 44.1. The van der Waals surface area contributed by atoms with Gasteiger partial charge in [-0.05, 0) is 93.4 Å². The lowest BCUT2D eigenvalue weighted by Gasteiger charge is -2.28. The number of nitrogens with zero attached hydrogens (tertiary/aromatic N) is 1. The van der Waals surface area contributed by atoms with Gasteiger partial charge in [0.1, 0.15) is 24.4 Å². The highest BCUT2D eigenvalue weighted by Crippen LogP contribution is 2.42. The lowest BCUT2D eigenvalue weighted by molar-refractivity contribution is -0.386. The summed E-state index contributed by atoms with van der Waals surface area (Å²) in [5.41, 5.74) is 0.713. The molecule has 0 bridgehead atoms. The van der Waals surface area contributed by atoms with Gasteiger partial charge in [-0.2, -0.15) is 0 Å². The van der Waals surface area contributed by atoms with Crippen molar-refractivity contribution in [3.8, 4) is 46.0 Å². The van der Waals surface area contributed by atoms with E-state index in [4.69, 9.17) is 47.4 Å². The van der Waals surface area contributed by atoms with Gasteiger partial charge >= 0.3 is 17.6 Å². The van der Waals surface area contributed by atoms with Gasteiger partial charge in [0.25, 0.3) is 0 Å². The van der Waals surface area contributed by atoms with Crippen molar-refractivity contribution in [2.24, 2.45) is 0 Å². The molecule has 60 heavy (non-hydrogen) atoms. The van der Waals surface area contributed by atoms with Crippen LogP contribution in [0.25, 0.3) is 12.2 Å². The first-order chi connectivity index (χ1) is 28.5. The molecule has 4 aromatic rings. The van der Waals surface area contributed by atoms with Gasteiger partial charge in [0, 0.05) is 17.2 Å². The minimum Gasteiger partial charge on any atom is -0.493 e. The Morgan fingerprint density at radius 2 is 0.983 bits per heavy atom. The molecule has 318 valence electrons. The molecule has 15 nitrogen and oxygen atoms in total. The van der Waals surface area contributed by atoms with Gasteiger partial charge in [-0.1, -0.05) is 12.2 Å². The number of benzene rings is 4. The number of esters is 2. The average molecular weight is 831 g/mol. The summed E-state index contributed by atoms with van der Waals surface area (Å²) in [6.45, 7) is 7.08. The zero-order valence-corrected chi connectivity index (χ0v) is 34.9. The predicted octanol–water partition coefficient (Wildman–Crippen LogP) is 8.55. The summed E-state index contributed by atoms with van der Waals surface area (Å²) in [4.78, 5) is 36.1. The third-order valence-electron chi connectivity index (χ3n) is 9.09. The number of nitro groups is 1. The van der Waals surface area contributed by atoms with Crippen molar-refractivity contribution in [3.05, 3.63) is 110 Å². The van der Waals surface area contributed by atoms with Gasteiger partial charge in [0.2, 0.25) is 17.2 Å². The maximum atomic E-state index is 14.5. The van der Waals surface area contributed by atoms with Crippen molar-refractivity contribution in [3.63, 3.8) is 0 Å². The van der Waals surface area contributed by atoms with Crippen LogP contribution in [0.1, 0.15) is 70.7 Å². The Bertz CT molecular complexity index is 2300. The quantitative estimate of drug-likeness (QED) is 0.0713. The van der Waals surface area contributed by atoms with E-state index < -0.39 is 33.9 Å². The Hall–Kier alpha value is -6.97. The number of hydrogen-bond donors (Lipinski definition) is 0. The van der Waals surface area contributed by atoms with Crippen molar-refractivity contribution in [1.82, 2.24) is 0 Å². The molecular weight excluding hydrogens is 784 g/mol. The van der Waals surface area contributed by atoms with Crippen molar-refractivity contribution >= 4 is 29.8 Å². The van der Waals surface area contributed by atoms with Crippen molar-refractivity contribution in [2.75, 3.05) is 42.7 Å². The van der Waals surface area contributed by atoms with Crippen LogP contribution in [0.3, 0.4) is 0 Å². The Morgan fingerprint density at radius 1 is 0.600 bits per heavy atom. The number of carbonyl (C=O) groups excluding carboxylic acids is 2. The van der Waals surface area contributed by atoms with Crippen LogP contribution in [0.5, 0.6) is 46.0 Å². The second-order valence-electron chi connectivity index (χ2n) is 14.3. The van der Waals surface area contributed by atoms with Crippen molar-refractivity contribution in [1.29, 1.82) is 0 Å². The first-order valence-electron chi connectivity index (χ1n) is 18.3. The molecule has 4 aromatic carbocycles. The summed E-state index contributed by atoms with van der Waals surface area (Å²) in [6, 6.07) is 12.0. The average Bonchev–Trinajstić information content (AvgIpc) is 3.23. The van der Waals surface area contributed by atoms with E-state index in [-0.39, 0.29) is 41.5 Å². The second kappa shape index (κ2) is 18.3. The summed E-state index contributed by atoms with van der Waals surface area (Å²) in [5, 5.41) is 11.5. The van der Waals surface area contributed by atoms with E-state index in [1.165, 1.54) is 48.7 Å². The molecule has 0 radical (unpaired) electrons. The van der Waals surface area contributed by atoms with Crippen LogP contribution < -0.4 is 37.9 Å². The zero-order valence-electron chi connectivity index (χ0n) is 34.9. The number of fused-ring (bicyclic) bond motifs is 2. The number of hydrogen-bond acceptors (Lipinski definition) is 14. The highest BCUT2D eigenvalue weighted by molar-refractivity contribution is 5.92. The van der Waals surface area contributed by atoms with Crippen LogP contribution in [-0.2, 0) is 22.7 Å². The van der Waals surface area contributed by atoms with Crippen LogP contribution in [-0.4, -0.2) is 70.7 Å². The van der Waals surface area contributed by atoms with Gasteiger partial charge in [0.15, 0.2) is 34.6 Å². The number of nitro benzene ring substituents is 1. The van der Waals surface area contributed by atoms with Gasteiger partial charge < -0.3 is 47.4 Å². The molecule has 6 rings (SSSR count). The van der Waals surface area contributed by atoms with E-state index in [1.807, 2.05) is 13.8 Å². The van der Waals surface area contributed by atoms with Crippen molar-refractivity contribution in [2.45, 2.75) is 52.1 Å². The number of methoxy groups -OCH3 is 6. The molecule has 0 spiro atoms. The molecule has 2 heterocycles. The van der Waals surface area contributed by atoms with E-state index in [1.54, 1.807) is 68.5 Å². The Kier molecular flexibility index (Phi) is 13.5. The third-order valence-corrected chi connectivity index (χ3v) is 9.09. The van der Waals surface area contributed by atoms with E-state index >= 15 is 0 Å². The smallest absolute Gasteiger partial charge is 0.338 e. The summed E-state index contributed by atoms with van der Waals surface area (Å²) in [5.74, 6) is 0.861. The minimum absolute atomic E-state index is 0.0471. The van der Waals surface area contributed by atoms with Crippen molar-refractivity contribution < 1.29 is 66.3 Å². The van der Waals surface area contributed by atoms with Crippen LogP contribution in [0.4, 0.5) is 10.1 Å². The number of ether oxygens (including phenoxy) is 10. The molecule has 2 aliphatic rings. The van der Waals surface area contributed by atoms with Crippen LogP contribution >= 0.6 is 0 Å². The molecule has 0 aromatic heterocycles. The predicted molar refractivity (Wildman–Crippen MR) is 217 cm³/mol. The standard InChI is InChI=1S/C22H23FO6.C22H23NO8/c1-22(2)7-6-14-10-15(11-16(23)19(14)29-22)21(24)28-12-13-8-17(25-3)20(27-5)18(9-13)26-4;1-22(2)7-6-14-10-15(11-16(23(25)26)19(14)31-22)21(24)30-12-13-8-17(27-3)20(29-5)18(9-13)28-4/h6-11H,12H2,1-5H3;6-11H,12H2,1-5H3/i23-1;. The molecule has 0 saturated carbocycles. The normalized spacial score (nSPS) is 13.7. The van der Waals surface area contributed by atoms with Gasteiger partial charge in [-0.15, -0.1) is 0 Å². The summed E-state index contributed by atoms with van der Waals surface area (Å²) >= 11 is 0. The Labute approximate surface area is 346 Å². The lowest BCUT2D eigenvalue weighted by atomic mass is 9.99. The summed E-state index contributed by atoms with van der Waals surface area (Å²) < 4.78 is 68.3. The van der Waals surface area contributed by atoms with Gasteiger partial charge in [-0.25, -0.2) is 14.0 Å². The maximum Gasteiger partial charge on any atom is 0.338 e. The molecular formula is C44H46FNO14. The van der Waals surface area contributed by atoms with Crippen LogP contribution in [0.15, 0.2) is 60.7 Å².